The molecule has 3 rings (SSSR count). The topological polar surface area (TPSA) is 46.9 Å². The van der Waals surface area contributed by atoms with Crippen molar-refractivity contribution in [3.63, 3.8) is 0 Å². The highest BCUT2D eigenvalue weighted by atomic mass is 16.1. The Kier molecular flexibility index (Phi) is 5.26. The molecule has 0 spiro atoms. The van der Waals surface area contributed by atoms with Gasteiger partial charge in [-0.2, -0.15) is 5.10 Å². The van der Waals surface area contributed by atoms with Gasteiger partial charge in [0.2, 0.25) is 5.91 Å². The van der Waals surface area contributed by atoms with Crippen molar-refractivity contribution in [2.45, 2.75) is 65.3 Å². The zero-order chi connectivity index (χ0) is 18.0. The van der Waals surface area contributed by atoms with Gasteiger partial charge in [0.15, 0.2) is 0 Å². The first kappa shape index (κ1) is 17.7. The second kappa shape index (κ2) is 7.42. The SMILES string of the molecule is Cc1nn(C)c(C)c1CCC(=O)NC(C)c1ccc2c(c1)CCCC2. The molecule has 0 bridgehead atoms. The molecule has 1 N–H and O–H groups in total. The first-order valence-corrected chi connectivity index (χ1v) is 9.36. The van der Waals surface area contributed by atoms with E-state index in [0.29, 0.717) is 6.42 Å². The van der Waals surface area contributed by atoms with Crippen molar-refractivity contribution in [1.29, 1.82) is 0 Å². The number of nitrogens with zero attached hydrogens (tertiary/aromatic N) is 2. The van der Waals surface area contributed by atoms with E-state index in [9.17, 15) is 4.79 Å². The third-order valence-electron chi connectivity index (χ3n) is 5.51. The molecule has 0 radical (unpaired) electrons. The van der Waals surface area contributed by atoms with Crippen molar-refractivity contribution in [3.8, 4) is 0 Å². The number of benzene rings is 1. The molecule has 25 heavy (non-hydrogen) atoms. The van der Waals surface area contributed by atoms with Crippen LogP contribution in [0.4, 0.5) is 0 Å². The van der Waals surface area contributed by atoms with E-state index < -0.39 is 0 Å². The molecular weight excluding hydrogens is 310 g/mol. The maximum atomic E-state index is 12.4. The second-order valence-corrected chi connectivity index (χ2v) is 7.30. The summed E-state index contributed by atoms with van der Waals surface area (Å²) in [5.74, 6) is 0.105. The minimum absolute atomic E-state index is 0.0517. The minimum Gasteiger partial charge on any atom is -0.350 e. The Bertz CT molecular complexity index is 776. The lowest BCUT2D eigenvalue weighted by Gasteiger charge is -2.20. The van der Waals surface area contributed by atoms with Gasteiger partial charge in [0.25, 0.3) is 0 Å². The smallest absolute Gasteiger partial charge is 0.220 e. The van der Waals surface area contributed by atoms with E-state index in [0.717, 1.165) is 17.8 Å². The number of hydrogen-bond acceptors (Lipinski definition) is 2. The number of fused-ring (bicyclic) bond motifs is 1. The van der Waals surface area contributed by atoms with Gasteiger partial charge in [0.1, 0.15) is 0 Å². The van der Waals surface area contributed by atoms with Gasteiger partial charge < -0.3 is 5.32 Å². The van der Waals surface area contributed by atoms with Crippen LogP contribution >= 0.6 is 0 Å². The number of amides is 1. The molecule has 1 aliphatic carbocycles. The molecule has 1 aliphatic rings. The molecule has 0 aliphatic heterocycles. The van der Waals surface area contributed by atoms with Crippen molar-refractivity contribution in [1.82, 2.24) is 15.1 Å². The number of hydrogen-bond donors (Lipinski definition) is 1. The van der Waals surface area contributed by atoms with Gasteiger partial charge in [-0.05, 0) is 75.1 Å². The molecule has 2 aromatic rings. The van der Waals surface area contributed by atoms with Gasteiger partial charge in [-0.25, -0.2) is 0 Å². The zero-order valence-electron chi connectivity index (χ0n) is 15.9. The molecule has 1 aromatic heterocycles. The first-order valence-electron chi connectivity index (χ1n) is 9.36. The largest absolute Gasteiger partial charge is 0.350 e. The highest BCUT2D eigenvalue weighted by molar-refractivity contribution is 5.76. The molecule has 1 heterocycles. The fourth-order valence-electron chi connectivity index (χ4n) is 3.84. The highest BCUT2D eigenvalue weighted by Crippen LogP contribution is 2.25. The molecule has 0 saturated heterocycles. The molecular formula is C21H29N3O. The summed E-state index contributed by atoms with van der Waals surface area (Å²) in [6.07, 6.45) is 6.19. The second-order valence-electron chi connectivity index (χ2n) is 7.30. The molecule has 0 fully saturated rings. The Labute approximate surface area is 150 Å². The van der Waals surface area contributed by atoms with Crippen molar-refractivity contribution in [2.75, 3.05) is 0 Å². The summed E-state index contributed by atoms with van der Waals surface area (Å²) in [6, 6.07) is 6.75. The molecule has 1 unspecified atom stereocenters. The average molecular weight is 339 g/mol. The van der Waals surface area contributed by atoms with Crippen LogP contribution in [0.3, 0.4) is 0 Å². The number of aryl methyl sites for hydroxylation is 4. The van der Waals surface area contributed by atoms with Gasteiger partial charge in [0, 0.05) is 19.2 Å². The highest BCUT2D eigenvalue weighted by Gasteiger charge is 2.15. The fraction of sp³-hybridized carbons (Fsp3) is 0.524. The summed E-state index contributed by atoms with van der Waals surface area (Å²) < 4.78 is 1.89. The number of nitrogens with one attached hydrogen (secondary N) is 1. The predicted octanol–water partition coefficient (Wildman–Crippen LogP) is 3.73. The Morgan fingerprint density at radius 1 is 1.24 bits per heavy atom. The summed E-state index contributed by atoms with van der Waals surface area (Å²) >= 11 is 0. The van der Waals surface area contributed by atoms with E-state index >= 15 is 0 Å². The van der Waals surface area contributed by atoms with Crippen LogP contribution in [0.1, 0.15) is 65.9 Å². The van der Waals surface area contributed by atoms with Crippen molar-refractivity contribution >= 4 is 5.91 Å². The van der Waals surface area contributed by atoms with E-state index in [1.807, 2.05) is 18.7 Å². The Hall–Kier alpha value is -2.10. The van der Waals surface area contributed by atoms with Crippen molar-refractivity contribution < 1.29 is 4.79 Å². The number of aromatic nitrogens is 2. The summed E-state index contributed by atoms with van der Waals surface area (Å²) in [5, 5.41) is 7.58. The summed E-state index contributed by atoms with van der Waals surface area (Å²) in [7, 11) is 1.95. The molecule has 4 heteroatoms. The molecule has 1 atom stereocenters. The van der Waals surface area contributed by atoms with Crippen molar-refractivity contribution in [3.05, 3.63) is 51.8 Å². The lowest BCUT2D eigenvalue weighted by molar-refractivity contribution is -0.121. The van der Waals surface area contributed by atoms with Crippen LogP contribution in [-0.4, -0.2) is 15.7 Å². The van der Waals surface area contributed by atoms with Crippen LogP contribution in [0.2, 0.25) is 0 Å². The minimum atomic E-state index is 0.0517. The summed E-state index contributed by atoms with van der Waals surface area (Å²) in [6.45, 7) is 6.14. The monoisotopic (exact) mass is 339 g/mol. The number of carbonyl (C=O) groups is 1. The van der Waals surface area contributed by atoms with Gasteiger partial charge in [0.05, 0.1) is 11.7 Å². The molecule has 134 valence electrons. The molecule has 0 saturated carbocycles. The molecule has 4 nitrogen and oxygen atoms in total. The first-order chi connectivity index (χ1) is 12.0. The van der Waals surface area contributed by atoms with Gasteiger partial charge in [-0.3, -0.25) is 9.48 Å². The number of carbonyl (C=O) groups excluding carboxylic acids is 1. The summed E-state index contributed by atoms with van der Waals surface area (Å²) in [4.78, 5) is 12.4. The van der Waals surface area contributed by atoms with E-state index in [2.05, 4.69) is 42.5 Å². The van der Waals surface area contributed by atoms with Crippen LogP contribution in [0.5, 0.6) is 0 Å². The van der Waals surface area contributed by atoms with E-state index in [1.165, 1.54) is 47.9 Å². The average Bonchev–Trinajstić information content (AvgIpc) is 2.84. The Morgan fingerprint density at radius 2 is 1.96 bits per heavy atom. The molecule has 1 amide bonds. The van der Waals surface area contributed by atoms with Gasteiger partial charge >= 0.3 is 0 Å². The Morgan fingerprint density at radius 3 is 2.64 bits per heavy atom. The number of rotatable bonds is 5. The third kappa shape index (κ3) is 3.94. The fourth-order valence-corrected chi connectivity index (χ4v) is 3.84. The quantitative estimate of drug-likeness (QED) is 0.902. The lowest BCUT2D eigenvalue weighted by Crippen LogP contribution is -2.27. The van der Waals surface area contributed by atoms with Gasteiger partial charge in [-0.15, -0.1) is 0 Å². The molecule has 1 aromatic carbocycles. The lowest BCUT2D eigenvalue weighted by atomic mass is 9.89. The standard InChI is InChI=1S/C21H29N3O/c1-14(18-10-9-17-7-5-6-8-19(17)13-18)22-21(25)12-11-20-15(2)23-24(4)16(20)3/h9-10,13-14H,5-8,11-12H2,1-4H3,(H,22,25). The van der Waals surface area contributed by atoms with Crippen LogP contribution in [0.25, 0.3) is 0 Å². The maximum absolute atomic E-state index is 12.4. The van der Waals surface area contributed by atoms with E-state index in [4.69, 9.17) is 0 Å². The van der Waals surface area contributed by atoms with Crippen LogP contribution in [-0.2, 0) is 31.1 Å². The van der Waals surface area contributed by atoms with Crippen LogP contribution in [0.15, 0.2) is 18.2 Å². The zero-order valence-corrected chi connectivity index (χ0v) is 15.9. The summed E-state index contributed by atoms with van der Waals surface area (Å²) in [5.41, 5.74) is 7.52. The van der Waals surface area contributed by atoms with Crippen LogP contribution in [0, 0.1) is 13.8 Å². The van der Waals surface area contributed by atoms with E-state index in [-0.39, 0.29) is 11.9 Å². The van der Waals surface area contributed by atoms with Gasteiger partial charge in [-0.1, -0.05) is 18.2 Å². The van der Waals surface area contributed by atoms with E-state index in [1.54, 1.807) is 0 Å². The predicted molar refractivity (Wildman–Crippen MR) is 101 cm³/mol. The van der Waals surface area contributed by atoms with Crippen molar-refractivity contribution in [2.24, 2.45) is 7.05 Å². The third-order valence-corrected chi connectivity index (χ3v) is 5.51. The van der Waals surface area contributed by atoms with Crippen LogP contribution < -0.4 is 5.32 Å². The maximum Gasteiger partial charge on any atom is 0.220 e. The normalized spacial score (nSPS) is 14.9. The Balaban J connectivity index is 1.59.